The number of hydrogen-bond acceptors (Lipinski definition) is 5. The fraction of sp³-hybridized carbons (Fsp3) is 0.667. The standard InChI is InChI=1S/C18H26N2O3/c1-2-5-16-15(4-1)17(6-3-9-19-16)20-12-14-13-22-18(23-14)7-10-21-11-8-18/h1-2,4-5,14,17,19-20H,3,6-13H2. The minimum atomic E-state index is -0.381. The van der Waals surface area contributed by atoms with Gasteiger partial charge in [-0.3, -0.25) is 0 Å². The van der Waals surface area contributed by atoms with Gasteiger partial charge in [-0.15, -0.1) is 0 Å². The summed E-state index contributed by atoms with van der Waals surface area (Å²) in [6.45, 7) is 4.03. The fourth-order valence-corrected chi connectivity index (χ4v) is 3.79. The molecule has 3 aliphatic rings. The van der Waals surface area contributed by atoms with Crippen molar-refractivity contribution in [3.63, 3.8) is 0 Å². The zero-order valence-corrected chi connectivity index (χ0v) is 13.6. The highest BCUT2D eigenvalue weighted by atomic mass is 16.7. The van der Waals surface area contributed by atoms with E-state index in [-0.39, 0.29) is 11.9 Å². The molecular weight excluding hydrogens is 292 g/mol. The first-order chi connectivity index (χ1) is 11.3. The second kappa shape index (κ2) is 6.77. The molecule has 0 aromatic heterocycles. The summed E-state index contributed by atoms with van der Waals surface area (Å²) in [6.07, 6.45) is 4.16. The first-order valence-electron chi connectivity index (χ1n) is 8.80. The zero-order valence-electron chi connectivity index (χ0n) is 13.6. The number of benzene rings is 1. The summed E-state index contributed by atoms with van der Waals surface area (Å²) < 4.78 is 17.6. The molecule has 2 fully saturated rings. The van der Waals surface area contributed by atoms with Crippen LogP contribution in [0.15, 0.2) is 24.3 Å². The molecule has 5 nitrogen and oxygen atoms in total. The monoisotopic (exact) mass is 318 g/mol. The Morgan fingerprint density at radius 1 is 1.22 bits per heavy atom. The molecule has 0 aliphatic carbocycles. The van der Waals surface area contributed by atoms with E-state index in [1.54, 1.807) is 0 Å². The van der Waals surface area contributed by atoms with Crippen LogP contribution < -0.4 is 10.6 Å². The lowest BCUT2D eigenvalue weighted by Gasteiger charge is -2.31. The average Bonchev–Trinajstić information content (AvgIpc) is 2.86. The van der Waals surface area contributed by atoms with Gasteiger partial charge < -0.3 is 24.8 Å². The topological polar surface area (TPSA) is 51.8 Å². The molecule has 1 aromatic rings. The van der Waals surface area contributed by atoms with E-state index in [9.17, 15) is 0 Å². The molecule has 1 spiro atoms. The van der Waals surface area contributed by atoms with E-state index < -0.39 is 0 Å². The zero-order chi connectivity index (χ0) is 15.5. The van der Waals surface area contributed by atoms with E-state index >= 15 is 0 Å². The molecule has 2 N–H and O–H groups in total. The van der Waals surface area contributed by atoms with Gasteiger partial charge in [-0.05, 0) is 24.5 Å². The van der Waals surface area contributed by atoms with Crippen molar-refractivity contribution in [3.05, 3.63) is 29.8 Å². The van der Waals surface area contributed by atoms with Gasteiger partial charge in [0.2, 0.25) is 0 Å². The predicted octanol–water partition coefficient (Wildman–Crippen LogP) is 2.45. The highest BCUT2D eigenvalue weighted by Crippen LogP contribution is 2.34. The summed E-state index contributed by atoms with van der Waals surface area (Å²) in [7, 11) is 0. The lowest BCUT2D eigenvalue weighted by atomic mass is 10.0. The Morgan fingerprint density at radius 2 is 2.09 bits per heavy atom. The van der Waals surface area contributed by atoms with E-state index in [1.165, 1.54) is 17.7 Å². The summed E-state index contributed by atoms with van der Waals surface area (Å²) in [5.41, 5.74) is 2.62. The smallest absolute Gasteiger partial charge is 0.173 e. The summed E-state index contributed by atoms with van der Waals surface area (Å²) in [5, 5.41) is 7.23. The molecule has 126 valence electrons. The highest BCUT2D eigenvalue weighted by Gasteiger charge is 2.42. The normalized spacial score (nSPS) is 29.7. The van der Waals surface area contributed by atoms with Crippen molar-refractivity contribution in [2.45, 2.75) is 43.6 Å². The lowest BCUT2D eigenvalue weighted by molar-refractivity contribution is -0.210. The number of anilines is 1. The molecule has 4 rings (SSSR count). The molecule has 3 aliphatic heterocycles. The van der Waals surface area contributed by atoms with E-state index in [0.29, 0.717) is 12.6 Å². The Labute approximate surface area is 137 Å². The first-order valence-corrected chi connectivity index (χ1v) is 8.80. The molecule has 0 saturated carbocycles. The minimum absolute atomic E-state index is 0.136. The van der Waals surface area contributed by atoms with Crippen LogP contribution >= 0.6 is 0 Å². The van der Waals surface area contributed by atoms with Gasteiger partial charge >= 0.3 is 0 Å². The van der Waals surface area contributed by atoms with E-state index in [0.717, 1.165) is 45.6 Å². The van der Waals surface area contributed by atoms with Crippen LogP contribution in [-0.2, 0) is 14.2 Å². The third kappa shape index (κ3) is 3.38. The Bertz CT molecular complexity index is 531. The summed E-state index contributed by atoms with van der Waals surface area (Å²) >= 11 is 0. The second-order valence-corrected chi connectivity index (χ2v) is 6.69. The van der Waals surface area contributed by atoms with Crippen molar-refractivity contribution in [3.8, 4) is 0 Å². The fourth-order valence-electron chi connectivity index (χ4n) is 3.79. The van der Waals surface area contributed by atoms with Crippen molar-refractivity contribution in [2.75, 3.05) is 38.2 Å². The van der Waals surface area contributed by atoms with E-state index in [2.05, 4.69) is 34.9 Å². The molecule has 0 bridgehead atoms. The molecule has 0 amide bonds. The van der Waals surface area contributed by atoms with Crippen LogP contribution in [0.1, 0.15) is 37.3 Å². The van der Waals surface area contributed by atoms with E-state index in [1.807, 2.05) is 0 Å². The number of nitrogens with one attached hydrogen (secondary N) is 2. The van der Waals surface area contributed by atoms with Crippen LogP contribution in [0.5, 0.6) is 0 Å². The molecule has 2 unspecified atom stereocenters. The Balaban J connectivity index is 1.36. The number of fused-ring (bicyclic) bond motifs is 1. The van der Waals surface area contributed by atoms with Gasteiger partial charge in [0.1, 0.15) is 0 Å². The van der Waals surface area contributed by atoms with Crippen LogP contribution in [0.4, 0.5) is 5.69 Å². The SMILES string of the molecule is c1ccc2c(c1)NCCCC2NCC1COC2(CCOCC2)O1. The van der Waals surface area contributed by atoms with Crippen molar-refractivity contribution >= 4 is 5.69 Å². The van der Waals surface area contributed by atoms with Gasteiger partial charge in [0.05, 0.1) is 25.9 Å². The molecule has 2 atom stereocenters. The molecule has 0 radical (unpaired) electrons. The Morgan fingerprint density at radius 3 is 3.00 bits per heavy atom. The van der Waals surface area contributed by atoms with Crippen molar-refractivity contribution in [2.24, 2.45) is 0 Å². The maximum absolute atomic E-state index is 6.22. The maximum atomic E-state index is 6.22. The Kier molecular flexibility index (Phi) is 4.53. The highest BCUT2D eigenvalue weighted by molar-refractivity contribution is 5.53. The molecule has 23 heavy (non-hydrogen) atoms. The number of para-hydroxylation sites is 1. The van der Waals surface area contributed by atoms with Crippen LogP contribution in [-0.4, -0.2) is 44.8 Å². The van der Waals surface area contributed by atoms with Crippen LogP contribution in [0.3, 0.4) is 0 Å². The lowest BCUT2D eigenvalue weighted by Crippen LogP contribution is -2.39. The number of rotatable bonds is 3. The molecule has 3 heterocycles. The third-order valence-electron chi connectivity index (χ3n) is 5.08. The van der Waals surface area contributed by atoms with Gasteiger partial charge in [0.25, 0.3) is 0 Å². The average molecular weight is 318 g/mol. The summed E-state index contributed by atoms with van der Waals surface area (Å²) in [6, 6.07) is 8.99. The first kappa shape index (κ1) is 15.4. The van der Waals surface area contributed by atoms with Gasteiger partial charge in [0.15, 0.2) is 5.79 Å². The van der Waals surface area contributed by atoms with Gasteiger partial charge in [-0.1, -0.05) is 18.2 Å². The summed E-state index contributed by atoms with van der Waals surface area (Å²) in [4.78, 5) is 0. The van der Waals surface area contributed by atoms with Crippen molar-refractivity contribution < 1.29 is 14.2 Å². The Hall–Kier alpha value is -1.14. The van der Waals surface area contributed by atoms with Gasteiger partial charge in [-0.25, -0.2) is 0 Å². The number of ether oxygens (including phenoxy) is 3. The minimum Gasteiger partial charge on any atom is -0.385 e. The van der Waals surface area contributed by atoms with Crippen LogP contribution in [0.2, 0.25) is 0 Å². The van der Waals surface area contributed by atoms with Gasteiger partial charge in [0, 0.05) is 37.7 Å². The van der Waals surface area contributed by atoms with E-state index in [4.69, 9.17) is 14.2 Å². The molecule has 2 saturated heterocycles. The molecule has 5 heteroatoms. The maximum Gasteiger partial charge on any atom is 0.173 e. The second-order valence-electron chi connectivity index (χ2n) is 6.69. The molecule has 1 aromatic carbocycles. The van der Waals surface area contributed by atoms with Crippen LogP contribution in [0.25, 0.3) is 0 Å². The summed E-state index contributed by atoms with van der Waals surface area (Å²) in [5.74, 6) is -0.381. The molecular formula is C18H26N2O3. The largest absolute Gasteiger partial charge is 0.385 e. The van der Waals surface area contributed by atoms with Crippen LogP contribution in [0, 0.1) is 0 Å². The van der Waals surface area contributed by atoms with Crippen molar-refractivity contribution in [1.29, 1.82) is 0 Å². The quantitative estimate of drug-likeness (QED) is 0.896. The predicted molar refractivity (Wildman–Crippen MR) is 88.5 cm³/mol. The van der Waals surface area contributed by atoms with Crippen molar-refractivity contribution in [1.82, 2.24) is 5.32 Å². The third-order valence-corrected chi connectivity index (χ3v) is 5.08. The van der Waals surface area contributed by atoms with Gasteiger partial charge in [-0.2, -0.15) is 0 Å². The number of hydrogen-bond donors (Lipinski definition) is 2.